The van der Waals surface area contributed by atoms with Gasteiger partial charge in [-0.2, -0.15) is 0 Å². The first-order chi connectivity index (χ1) is 16.9. The van der Waals surface area contributed by atoms with E-state index in [-0.39, 0.29) is 29.7 Å². The summed E-state index contributed by atoms with van der Waals surface area (Å²) in [5, 5.41) is 3.03. The lowest BCUT2D eigenvalue weighted by molar-refractivity contribution is -0.137. The molecule has 2 aromatic rings. The third-order valence-electron chi connectivity index (χ3n) is 6.86. The van der Waals surface area contributed by atoms with Crippen LogP contribution in [0.3, 0.4) is 0 Å². The summed E-state index contributed by atoms with van der Waals surface area (Å²) in [6.07, 6.45) is 3.67. The highest BCUT2D eigenvalue weighted by molar-refractivity contribution is 6.01. The zero-order valence-electron chi connectivity index (χ0n) is 20.4. The van der Waals surface area contributed by atoms with Crippen molar-refractivity contribution in [3.63, 3.8) is 0 Å². The summed E-state index contributed by atoms with van der Waals surface area (Å²) in [5.41, 5.74) is 15.7. The van der Waals surface area contributed by atoms with Crippen LogP contribution < -0.4 is 16.8 Å². The van der Waals surface area contributed by atoms with E-state index in [9.17, 15) is 9.59 Å². The van der Waals surface area contributed by atoms with Gasteiger partial charge in [0.05, 0.1) is 17.4 Å². The fourth-order valence-electron chi connectivity index (χ4n) is 4.72. The molecule has 8 nitrogen and oxygen atoms in total. The van der Waals surface area contributed by atoms with Gasteiger partial charge in [0.25, 0.3) is 0 Å². The van der Waals surface area contributed by atoms with Crippen LogP contribution in [0.1, 0.15) is 44.2 Å². The van der Waals surface area contributed by atoms with Gasteiger partial charge >= 0.3 is 0 Å². The van der Waals surface area contributed by atoms with Gasteiger partial charge in [-0.25, -0.2) is 4.99 Å². The van der Waals surface area contributed by atoms with Crippen LogP contribution in [-0.4, -0.2) is 47.0 Å². The number of hydrogen-bond acceptors (Lipinski definition) is 4. The minimum Gasteiger partial charge on any atom is -0.370 e. The molecule has 2 aromatic carbocycles. The molecule has 35 heavy (non-hydrogen) atoms. The van der Waals surface area contributed by atoms with Crippen molar-refractivity contribution in [1.82, 2.24) is 10.2 Å². The van der Waals surface area contributed by atoms with Crippen molar-refractivity contribution in [3.8, 4) is 0 Å². The largest absolute Gasteiger partial charge is 0.370 e. The topological polar surface area (TPSA) is 126 Å². The molecule has 0 aliphatic carbocycles. The van der Waals surface area contributed by atoms with Crippen molar-refractivity contribution in [2.45, 2.75) is 58.0 Å². The number of nitrogens with zero attached hydrogens (tertiary/aromatic N) is 3. The third-order valence-corrected chi connectivity index (χ3v) is 6.86. The summed E-state index contributed by atoms with van der Waals surface area (Å²) in [7, 11) is 0. The molecule has 3 atom stereocenters. The van der Waals surface area contributed by atoms with Crippen LogP contribution in [0.2, 0.25) is 0 Å². The molecular formula is C27H34N6O2. The number of benzene rings is 2. The maximum Gasteiger partial charge on any atom is 0.246 e. The van der Waals surface area contributed by atoms with Gasteiger partial charge in [-0.3, -0.25) is 14.6 Å². The highest BCUT2D eigenvalue weighted by atomic mass is 16.2. The van der Waals surface area contributed by atoms with Gasteiger partial charge in [0.15, 0.2) is 5.96 Å². The lowest BCUT2D eigenvalue weighted by atomic mass is 10.00. The van der Waals surface area contributed by atoms with Crippen LogP contribution in [0.5, 0.6) is 0 Å². The molecular weight excluding hydrogens is 440 g/mol. The van der Waals surface area contributed by atoms with Gasteiger partial charge in [0, 0.05) is 31.0 Å². The zero-order valence-corrected chi connectivity index (χ0v) is 20.4. The molecule has 0 bridgehead atoms. The van der Waals surface area contributed by atoms with Crippen molar-refractivity contribution in [3.05, 3.63) is 59.7 Å². The first kappa shape index (κ1) is 24.4. The van der Waals surface area contributed by atoms with Crippen molar-refractivity contribution in [1.29, 1.82) is 0 Å². The van der Waals surface area contributed by atoms with Crippen LogP contribution in [0.4, 0.5) is 11.4 Å². The molecule has 0 aromatic heterocycles. The van der Waals surface area contributed by atoms with Gasteiger partial charge < -0.3 is 21.7 Å². The van der Waals surface area contributed by atoms with E-state index in [0.717, 1.165) is 36.2 Å². The molecule has 1 fully saturated rings. The predicted molar refractivity (Wildman–Crippen MR) is 139 cm³/mol. The Morgan fingerprint density at radius 2 is 1.91 bits per heavy atom. The lowest BCUT2D eigenvalue weighted by Gasteiger charge is -2.30. The lowest BCUT2D eigenvalue weighted by Crippen LogP contribution is -2.53. The van der Waals surface area contributed by atoms with Crippen LogP contribution in [0.25, 0.3) is 0 Å². The molecule has 2 aliphatic rings. The first-order valence-electron chi connectivity index (χ1n) is 12.3. The van der Waals surface area contributed by atoms with E-state index in [0.29, 0.717) is 25.1 Å². The SMILES string of the molecule is CC[C@@H](C)C(=O)N[C@@H](Cc1ccc(N=C(N)N)cc1)C(=O)N1CCCC1C1=Nc2ccccc2C1. The number of nitrogens with two attached hydrogens (primary N) is 2. The Morgan fingerprint density at radius 1 is 1.17 bits per heavy atom. The van der Waals surface area contributed by atoms with Crippen LogP contribution in [0, 0.1) is 5.92 Å². The normalized spacial score (nSPS) is 18.4. The number of carbonyl (C=O) groups is 2. The molecule has 2 amide bonds. The summed E-state index contributed by atoms with van der Waals surface area (Å²) >= 11 is 0. The summed E-state index contributed by atoms with van der Waals surface area (Å²) in [6, 6.07) is 14.8. The molecule has 4 rings (SSSR count). The van der Waals surface area contributed by atoms with Gasteiger partial charge in [-0.15, -0.1) is 0 Å². The number of para-hydroxylation sites is 1. The van der Waals surface area contributed by atoms with Gasteiger partial charge in [0.1, 0.15) is 6.04 Å². The van der Waals surface area contributed by atoms with Crippen molar-refractivity contribution in [2.24, 2.45) is 27.4 Å². The number of rotatable bonds is 8. The van der Waals surface area contributed by atoms with Gasteiger partial charge in [-0.1, -0.05) is 44.2 Å². The van der Waals surface area contributed by atoms with E-state index in [1.807, 2.05) is 49.1 Å². The molecule has 0 spiro atoms. The second-order valence-corrected chi connectivity index (χ2v) is 9.38. The molecule has 2 aliphatic heterocycles. The van der Waals surface area contributed by atoms with Crippen molar-refractivity contribution < 1.29 is 9.59 Å². The Bertz CT molecular complexity index is 1140. The Labute approximate surface area is 206 Å². The van der Waals surface area contributed by atoms with E-state index >= 15 is 0 Å². The van der Waals surface area contributed by atoms with Crippen molar-refractivity contribution in [2.75, 3.05) is 6.54 Å². The smallest absolute Gasteiger partial charge is 0.246 e. The average Bonchev–Trinajstić information content (AvgIpc) is 3.50. The Morgan fingerprint density at radius 3 is 2.60 bits per heavy atom. The standard InChI is InChI=1S/C27H34N6O2/c1-3-17(2)25(34)32-23(15-18-10-12-20(13-11-18)30-27(28)29)26(35)33-14-6-9-24(33)22-16-19-7-4-5-8-21(19)31-22/h4-5,7-8,10-13,17,23-24H,3,6,9,14-16H2,1-2H3,(H,32,34)(H4,28,29,30)/t17-,23+,24?/m1/s1. The number of guanidine groups is 1. The highest BCUT2D eigenvalue weighted by Gasteiger charge is 2.38. The molecule has 8 heteroatoms. The average molecular weight is 475 g/mol. The number of hydrogen-bond donors (Lipinski definition) is 3. The first-order valence-corrected chi connectivity index (χ1v) is 12.3. The molecule has 184 valence electrons. The van der Waals surface area contributed by atoms with Crippen LogP contribution in [0.15, 0.2) is 58.5 Å². The maximum absolute atomic E-state index is 13.9. The van der Waals surface area contributed by atoms with Crippen LogP contribution >= 0.6 is 0 Å². The minimum atomic E-state index is -0.657. The number of fused-ring (bicyclic) bond motifs is 1. The Kier molecular flexibility index (Phi) is 7.48. The van der Waals surface area contributed by atoms with Gasteiger partial charge in [-0.05, 0) is 48.6 Å². The third kappa shape index (κ3) is 5.70. The van der Waals surface area contributed by atoms with E-state index in [1.54, 1.807) is 12.1 Å². The fourth-order valence-corrected chi connectivity index (χ4v) is 4.72. The summed E-state index contributed by atoms with van der Waals surface area (Å²) in [6.45, 7) is 4.51. The molecule has 5 N–H and O–H groups in total. The quantitative estimate of drug-likeness (QED) is 0.402. The molecule has 2 heterocycles. The number of carbonyl (C=O) groups excluding carboxylic acids is 2. The molecule has 1 saturated heterocycles. The van der Waals surface area contributed by atoms with E-state index in [1.165, 1.54) is 5.56 Å². The number of nitrogens with one attached hydrogen (secondary N) is 1. The summed E-state index contributed by atoms with van der Waals surface area (Å²) in [5.74, 6) is -0.346. The second-order valence-electron chi connectivity index (χ2n) is 9.38. The molecule has 0 saturated carbocycles. The minimum absolute atomic E-state index is 0.0105. The molecule has 0 radical (unpaired) electrons. The predicted octanol–water partition coefficient (Wildman–Crippen LogP) is 2.98. The fraction of sp³-hybridized carbons (Fsp3) is 0.407. The highest BCUT2D eigenvalue weighted by Crippen LogP contribution is 2.31. The number of likely N-dealkylation sites (tertiary alicyclic amines) is 1. The van der Waals surface area contributed by atoms with Crippen molar-refractivity contribution >= 4 is 34.9 Å². The summed E-state index contributed by atoms with van der Waals surface area (Å²) in [4.78, 5) is 37.5. The number of aliphatic imine (C=N–C) groups is 2. The monoisotopic (exact) mass is 474 g/mol. The van der Waals surface area contributed by atoms with Gasteiger partial charge in [0.2, 0.25) is 11.8 Å². The zero-order chi connectivity index (χ0) is 24.9. The second kappa shape index (κ2) is 10.7. The maximum atomic E-state index is 13.9. The van der Waals surface area contributed by atoms with E-state index in [2.05, 4.69) is 16.4 Å². The number of amides is 2. The van der Waals surface area contributed by atoms with E-state index < -0.39 is 6.04 Å². The Balaban J connectivity index is 1.54. The van der Waals surface area contributed by atoms with E-state index in [4.69, 9.17) is 16.5 Å². The van der Waals surface area contributed by atoms with Crippen LogP contribution in [-0.2, 0) is 22.4 Å². The summed E-state index contributed by atoms with van der Waals surface area (Å²) < 4.78 is 0. The molecule has 1 unspecified atom stereocenters. The Hall–Kier alpha value is -3.68.